The van der Waals surface area contributed by atoms with Gasteiger partial charge in [-0.15, -0.1) is 5.10 Å². The van der Waals surface area contributed by atoms with Crippen molar-refractivity contribution >= 4 is 11.0 Å². The summed E-state index contributed by atoms with van der Waals surface area (Å²) in [5, 5.41) is 18.9. The molecular formula is C18H21N3O. The Morgan fingerprint density at radius 2 is 1.91 bits per heavy atom. The Morgan fingerprint density at radius 3 is 2.73 bits per heavy atom. The summed E-state index contributed by atoms with van der Waals surface area (Å²) in [6, 6.07) is 12.0. The van der Waals surface area contributed by atoms with Crippen LogP contribution in [0.25, 0.3) is 11.0 Å². The highest BCUT2D eigenvalue weighted by molar-refractivity contribution is 5.74. The van der Waals surface area contributed by atoms with E-state index in [1.165, 1.54) is 5.56 Å². The van der Waals surface area contributed by atoms with E-state index in [0.29, 0.717) is 12.3 Å². The van der Waals surface area contributed by atoms with Gasteiger partial charge in [0.05, 0.1) is 12.1 Å². The van der Waals surface area contributed by atoms with E-state index in [1.807, 2.05) is 35.0 Å². The lowest BCUT2D eigenvalue weighted by Gasteiger charge is -2.12. The van der Waals surface area contributed by atoms with Gasteiger partial charge in [0.25, 0.3) is 0 Å². The molecule has 2 aromatic carbocycles. The number of hydrogen-bond donors (Lipinski definition) is 1. The number of fused-ring (bicyclic) bond motifs is 1. The molecule has 0 aliphatic carbocycles. The second-order valence-electron chi connectivity index (χ2n) is 5.77. The maximum Gasteiger partial charge on any atom is 0.123 e. The first-order chi connectivity index (χ1) is 10.7. The molecule has 0 spiro atoms. The average Bonchev–Trinajstić information content (AvgIpc) is 2.92. The molecule has 0 unspecified atom stereocenters. The molecule has 4 nitrogen and oxygen atoms in total. The number of phenols is 1. The summed E-state index contributed by atoms with van der Waals surface area (Å²) >= 11 is 0. The number of phenolic OH excluding ortho intramolecular Hbond substituents is 1. The van der Waals surface area contributed by atoms with Gasteiger partial charge >= 0.3 is 0 Å². The second kappa shape index (κ2) is 6.18. The van der Waals surface area contributed by atoms with Crippen molar-refractivity contribution in [1.29, 1.82) is 0 Å². The average molecular weight is 295 g/mol. The van der Waals surface area contributed by atoms with Crippen molar-refractivity contribution in [1.82, 2.24) is 15.0 Å². The lowest BCUT2D eigenvalue weighted by Crippen LogP contribution is -2.04. The van der Waals surface area contributed by atoms with E-state index in [0.717, 1.165) is 41.4 Å². The van der Waals surface area contributed by atoms with Gasteiger partial charge in [-0.1, -0.05) is 48.4 Å². The lowest BCUT2D eigenvalue weighted by molar-refractivity contribution is 0.455. The Labute approximate surface area is 130 Å². The molecule has 3 rings (SSSR count). The molecule has 1 N–H and O–H groups in total. The number of para-hydroxylation sites is 1. The zero-order valence-electron chi connectivity index (χ0n) is 13.1. The quantitative estimate of drug-likeness (QED) is 0.778. The third-order valence-corrected chi connectivity index (χ3v) is 3.95. The van der Waals surface area contributed by atoms with Crippen molar-refractivity contribution in [2.45, 2.75) is 39.7 Å². The third kappa shape index (κ3) is 2.82. The van der Waals surface area contributed by atoms with Crippen molar-refractivity contribution in [2.75, 3.05) is 0 Å². The first-order valence-corrected chi connectivity index (χ1v) is 7.78. The van der Waals surface area contributed by atoms with Crippen LogP contribution < -0.4 is 0 Å². The van der Waals surface area contributed by atoms with Crippen molar-refractivity contribution in [3.63, 3.8) is 0 Å². The van der Waals surface area contributed by atoms with Crippen LogP contribution in [-0.2, 0) is 13.0 Å². The largest absolute Gasteiger partial charge is 0.507 e. The van der Waals surface area contributed by atoms with Crippen molar-refractivity contribution in [3.05, 3.63) is 53.1 Å². The molecule has 1 heterocycles. The van der Waals surface area contributed by atoms with Crippen LogP contribution in [0.1, 0.15) is 36.5 Å². The Balaban J connectivity index is 1.96. The highest BCUT2D eigenvalue weighted by Gasteiger charge is 2.11. The fourth-order valence-electron chi connectivity index (χ4n) is 2.81. The maximum absolute atomic E-state index is 10.5. The number of nitrogens with zero attached hydrogens (tertiary/aromatic N) is 3. The van der Waals surface area contributed by atoms with E-state index < -0.39 is 0 Å². The van der Waals surface area contributed by atoms with Gasteiger partial charge in [0, 0.05) is 5.56 Å². The standard InChI is InChI=1S/C18H21N3O/c1-3-4-7-14-10-13(2)11-15(18(14)22)12-21-17-9-6-5-8-16(17)19-20-21/h5-6,8-11,22H,3-4,7,12H2,1-2H3. The van der Waals surface area contributed by atoms with Gasteiger partial charge in [0.2, 0.25) is 0 Å². The van der Waals surface area contributed by atoms with Crippen LogP contribution in [0.3, 0.4) is 0 Å². The van der Waals surface area contributed by atoms with Gasteiger partial charge in [-0.05, 0) is 37.5 Å². The molecule has 0 aliphatic rings. The fourth-order valence-corrected chi connectivity index (χ4v) is 2.81. The molecule has 3 aromatic rings. The number of aryl methyl sites for hydroxylation is 2. The van der Waals surface area contributed by atoms with Gasteiger partial charge in [-0.25, -0.2) is 4.68 Å². The number of aromatic hydroxyl groups is 1. The Bertz CT molecular complexity index is 792. The van der Waals surface area contributed by atoms with E-state index in [4.69, 9.17) is 0 Å². The molecule has 0 fully saturated rings. The Kier molecular flexibility index (Phi) is 4.09. The topological polar surface area (TPSA) is 50.9 Å². The summed E-state index contributed by atoms with van der Waals surface area (Å²) in [5.41, 5.74) is 4.96. The second-order valence-corrected chi connectivity index (χ2v) is 5.77. The van der Waals surface area contributed by atoms with E-state index in [1.54, 1.807) is 0 Å². The number of benzene rings is 2. The summed E-state index contributed by atoms with van der Waals surface area (Å²) in [6.45, 7) is 4.76. The van der Waals surface area contributed by atoms with Crippen LogP contribution in [0, 0.1) is 6.92 Å². The smallest absolute Gasteiger partial charge is 0.123 e. The molecule has 0 aliphatic heterocycles. The predicted molar refractivity (Wildman–Crippen MR) is 88.1 cm³/mol. The zero-order chi connectivity index (χ0) is 15.5. The normalized spacial score (nSPS) is 11.2. The van der Waals surface area contributed by atoms with Crippen LogP contribution in [0.2, 0.25) is 0 Å². The van der Waals surface area contributed by atoms with Gasteiger partial charge in [0.15, 0.2) is 0 Å². The summed E-state index contributed by atoms with van der Waals surface area (Å²) < 4.78 is 1.84. The maximum atomic E-state index is 10.5. The van der Waals surface area contributed by atoms with Gasteiger partial charge in [0.1, 0.15) is 11.3 Å². The number of unbranched alkanes of at least 4 members (excludes halogenated alkanes) is 1. The van der Waals surface area contributed by atoms with Crippen molar-refractivity contribution in [2.24, 2.45) is 0 Å². The summed E-state index contributed by atoms with van der Waals surface area (Å²) in [7, 11) is 0. The molecule has 0 saturated carbocycles. The lowest BCUT2D eigenvalue weighted by atomic mass is 10.0. The molecule has 4 heteroatoms. The minimum Gasteiger partial charge on any atom is -0.507 e. The monoisotopic (exact) mass is 295 g/mol. The number of hydrogen-bond acceptors (Lipinski definition) is 3. The molecule has 1 aromatic heterocycles. The first kappa shape index (κ1) is 14.6. The van der Waals surface area contributed by atoms with Crippen LogP contribution in [-0.4, -0.2) is 20.1 Å². The molecule has 0 amide bonds. The van der Waals surface area contributed by atoms with Crippen molar-refractivity contribution < 1.29 is 5.11 Å². The Morgan fingerprint density at radius 1 is 1.14 bits per heavy atom. The molecular weight excluding hydrogens is 274 g/mol. The SMILES string of the molecule is CCCCc1cc(C)cc(Cn2nnc3ccccc32)c1O. The van der Waals surface area contributed by atoms with E-state index >= 15 is 0 Å². The van der Waals surface area contributed by atoms with Gasteiger partial charge in [-0.3, -0.25) is 0 Å². The summed E-state index contributed by atoms with van der Waals surface area (Å²) in [6.07, 6.45) is 3.12. The summed E-state index contributed by atoms with van der Waals surface area (Å²) in [5.74, 6) is 0.402. The molecule has 0 bridgehead atoms. The minimum absolute atomic E-state index is 0.402. The van der Waals surface area contributed by atoms with E-state index in [9.17, 15) is 5.11 Å². The summed E-state index contributed by atoms with van der Waals surface area (Å²) in [4.78, 5) is 0. The van der Waals surface area contributed by atoms with Crippen LogP contribution in [0.4, 0.5) is 0 Å². The molecule has 114 valence electrons. The first-order valence-electron chi connectivity index (χ1n) is 7.78. The molecule has 0 atom stereocenters. The van der Waals surface area contributed by atoms with Crippen LogP contribution in [0.15, 0.2) is 36.4 Å². The van der Waals surface area contributed by atoms with E-state index in [-0.39, 0.29) is 0 Å². The van der Waals surface area contributed by atoms with E-state index in [2.05, 4.69) is 30.2 Å². The minimum atomic E-state index is 0.402. The highest BCUT2D eigenvalue weighted by Crippen LogP contribution is 2.27. The predicted octanol–water partition coefficient (Wildman–Crippen LogP) is 3.84. The molecule has 0 radical (unpaired) electrons. The van der Waals surface area contributed by atoms with Crippen molar-refractivity contribution in [3.8, 4) is 5.75 Å². The number of rotatable bonds is 5. The zero-order valence-corrected chi connectivity index (χ0v) is 13.1. The Hall–Kier alpha value is -2.36. The molecule has 0 saturated heterocycles. The highest BCUT2D eigenvalue weighted by atomic mass is 16.3. The van der Waals surface area contributed by atoms with Gasteiger partial charge in [-0.2, -0.15) is 0 Å². The van der Waals surface area contributed by atoms with Crippen LogP contribution >= 0.6 is 0 Å². The fraction of sp³-hybridized carbons (Fsp3) is 0.333. The van der Waals surface area contributed by atoms with Gasteiger partial charge < -0.3 is 5.11 Å². The number of aromatic nitrogens is 3. The molecule has 22 heavy (non-hydrogen) atoms. The van der Waals surface area contributed by atoms with Crippen LogP contribution in [0.5, 0.6) is 5.75 Å². The third-order valence-electron chi connectivity index (χ3n) is 3.95.